The van der Waals surface area contributed by atoms with E-state index >= 15 is 0 Å². The number of nitrogens with two attached hydrogens (primary N) is 1. The van der Waals surface area contributed by atoms with Crippen molar-refractivity contribution in [3.63, 3.8) is 0 Å². The van der Waals surface area contributed by atoms with Crippen molar-refractivity contribution in [2.24, 2.45) is 5.73 Å². The third-order valence-corrected chi connectivity index (χ3v) is 4.70. The van der Waals surface area contributed by atoms with Crippen LogP contribution in [0, 0.1) is 23.7 Å². The van der Waals surface area contributed by atoms with Crippen LogP contribution in [-0.2, 0) is 19.1 Å². The van der Waals surface area contributed by atoms with E-state index in [2.05, 4.69) is 16.6 Å². The minimum atomic E-state index is -1.45. The van der Waals surface area contributed by atoms with Crippen LogP contribution in [0.4, 0.5) is 4.79 Å². The molecule has 188 valence electrons. The Morgan fingerprint density at radius 3 is 2.31 bits per heavy atom. The van der Waals surface area contributed by atoms with Gasteiger partial charge in [-0.3, -0.25) is 14.4 Å². The van der Waals surface area contributed by atoms with Crippen LogP contribution in [0.5, 0.6) is 0 Å². The third kappa shape index (κ3) is 9.76. The topological polar surface area (TPSA) is 155 Å². The van der Waals surface area contributed by atoms with Crippen LogP contribution in [0.3, 0.4) is 0 Å². The summed E-state index contributed by atoms with van der Waals surface area (Å²) in [6.07, 6.45) is 5.46. The number of primary amides is 1. The number of benzene rings is 1. The van der Waals surface area contributed by atoms with Crippen molar-refractivity contribution in [1.82, 2.24) is 15.5 Å². The van der Waals surface area contributed by atoms with E-state index < -0.39 is 54.5 Å². The first-order chi connectivity index (χ1) is 16.4. The fourth-order valence-corrected chi connectivity index (χ4v) is 3.14. The Bertz CT molecular complexity index is 985. The Morgan fingerprint density at radius 2 is 1.83 bits per heavy atom. The lowest BCUT2D eigenvalue weighted by Gasteiger charge is -2.32. The van der Waals surface area contributed by atoms with E-state index in [1.54, 1.807) is 45.0 Å². The zero-order valence-electron chi connectivity index (χ0n) is 20.6. The molecule has 0 bridgehead atoms. The monoisotopic (exact) mass is 483 g/mol. The van der Waals surface area contributed by atoms with Gasteiger partial charge in [-0.2, -0.15) is 5.26 Å². The molecule has 4 amide bonds. The second-order valence-corrected chi connectivity index (χ2v) is 8.81. The number of alkyl carbamates (subject to hydrolysis) is 1. The molecule has 0 radical (unpaired) electrons. The maximum atomic E-state index is 13.5. The largest absolute Gasteiger partial charge is 0.444 e. The Hall–Kier alpha value is -4.05. The number of hydrogen-bond acceptors (Lipinski definition) is 6. The van der Waals surface area contributed by atoms with Gasteiger partial charge in [-0.05, 0) is 44.9 Å². The van der Waals surface area contributed by atoms with E-state index in [1.807, 2.05) is 13.0 Å². The Morgan fingerprint density at radius 1 is 1.20 bits per heavy atom. The molecule has 0 aliphatic rings. The summed E-state index contributed by atoms with van der Waals surface area (Å²) in [7, 11) is 0. The molecule has 0 saturated heterocycles. The van der Waals surface area contributed by atoms with Crippen molar-refractivity contribution in [2.45, 2.75) is 64.6 Å². The summed E-state index contributed by atoms with van der Waals surface area (Å²) in [5.74, 6) is 0.250. The lowest BCUT2D eigenvalue weighted by Crippen LogP contribution is -2.54. The quantitative estimate of drug-likeness (QED) is 0.247. The SMILES string of the molecule is C#Cc1ccc(C(C(=O)NCCCC)N(CC#N)C(=O)C(CC(N)=O)NC(=O)OC(C)(C)C)cc1. The van der Waals surface area contributed by atoms with Gasteiger partial charge in [0.25, 0.3) is 0 Å². The van der Waals surface area contributed by atoms with Gasteiger partial charge in [0.2, 0.25) is 17.7 Å². The first-order valence-corrected chi connectivity index (χ1v) is 11.2. The second kappa shape index (κ2) is 13.6. The summed E-state index contributed by atoms with van der Waals surface area (Å²) >= 11 is 0. The number of nitrogens with one attached hydrogen (secondary N) is 2. The Balaban J connectivity index is 3.42. The molecule has 2 atom stereocenters. The first kappa shape index (κ1) is 29.0. The molecular weight excluding hydrogens is 450 g/mol. The molecule has 35 heavy (non-hydrogen) atoms. The average Bonchev–Trinajstić information content (AvgIpc) is 2.77. The fraction of sp³-hybridized carbons (Fsp3) is 0.480. The molecule has 0 fully saturated rings. The van der Waals surface area contributed by atoms with Crippen LogP contribution >= 0.6 is 0 Å². The molecule has 0 saturated carbocycles. The normalized spacial score (nSPS) is 12.3. The van der Waals surface area contributed by atoms with Gasteiger partial charge in [-0.25, -0.2) is 4.79 Å². The Kier molecular flexibility index (Phi) is 11.3. The molecule has 1 aromatic rings. The zero-order chi connectivity index (χ0) is 26.6. The number of terminal acetylenes is 1. The maximum absolute atomic E-state index is 13.5. The number of carbonyl (C=O) groups is 4. The van der Waals surface area contributed by atoms with E-state index in [0.29, 0.717) is 24.1 Å². The van der Waals surface area contributed by atoms with Crippen LogP contribution in [-0.4, -0.2) is 53.4 Å². The summed E-state index contributed by atoms with van der Waals surface area (Å²) in [6, 6.07) is 5.59. The highest BCUT2D eigenvalue weighted by molar-refractivity contribution is 5.94. The lowest BCUT2D eigenvalue weighted by atomic mass is 10.0. The van der Waals surface area contributed by atoms with Crippen molar-refractivity contribution in [3.8, 4) is 18.4 Å². The van der Waals surface area contributed by atoms with E-state index in [0.717, 1.165) is 11.3 Å². The molecule has 0 heterocycles. The van der Waals surface area contributed by atoms with Crippen molar-refractivity contribution < 1.29 is 23.9 Å². The van der Waals surface area contributed by atoms with Gasteiger partial charge in [0.1, 0.15) is 24.2 Å². The van der Waals surface area contributed by atoms with Crippen LogP contribution in [0.25, 0.3) is 0 Å². The third-order valence-electron chi connectivity index (χ3n) is 4.70. The number of rotatable bonds is 11. The zero-order valence-corrected chi connectivity index (χ0v) is 20.6. The van der Waals surface area contributed by atoms with Crippen LogP contribution in [0.2, 0.25) is 0 Å². The summed E-state index contributed by atoms with van der Waals surface area (Å²) in [5.41, 5.74) is 5.40. The molecule has 4 N–H and O–H groups in total. The van der Waals surface area contributed by atoms with Gasteiger partial charge in [-0.1, -0.05) is 31.4 Å². The standard InChI is InChI=1S/C25H33N5O5/c1-6-8-14-28-22(32)21(18-11-9-17(7-2)10-12-18)30(15-13-26)23(33)19(16-20(27)31)29-24(34)35-25(3,4)5/h2,9-12,19,21H,6,8,14-16H2,1,3-5H3,(H2,27,31)(H,28,32)(H,29,34). The van der Waals surface area contributed by atoms with E-state index in [9.17, 15) is 24.4 Å². The van der Waals surface area contributed by atoms with Gasteiger partial charge < -0.3 is 26.0 Å². The summed E-state index contributed by atoms with van der Waals surface area (Å²) in [5, 5.41) is 14.6. The molecule has 2 unspecified atom stereocenters. The van der Waals surface area contributed by atoms with Gasteiger partial charge in [0.15, 0.2) is 0 Å². The summed E-state index contributed by atoms with van der Waals surface area (Å²) in [4.78, 5) is 51.7. The highest BCUT2D eigenvalue weighted by atomic mass is 16.6. The van der Waals surface area contributed by atoms with Crippen LogP contribution < -0.4 is 16.4 Å². The van der Waals surface area contributed by atoms with Gasteiger partial charge in [-0.15, -0.1) is 6.42 Å². The molecule has 10 heteroatoms. The molecule has 0 aromatic heterocycles. The molecule has 1 aromatic carbocycles. The molecule has 0 spiro atoms. The lowest BCUT2D eigenvalue weighted by molar-refractivity contribution is -0.142. The van der Waals surface area contributed by atoms with Crippen LogP contribution in [0.1, 0.15) is 64.1 Å². The number of nitriles is 1. The minimum absolute atomic E-state index is 0.365. The smallest absolute Gasteiger partial charge is 0.408 e. The van der Waals surface area contributed by atoms with Gasteiger partial charge in [0, 0.05) is 12.1 Å². The number of amides is 4. The fourth-order valence-electron chi connectivity index (χ4n) is 3.14. The Labute approximate surface area is 206 Å². The molecule has 0 aliphatic carbocycles. The molecular formula is C25H33N5O5. The molecule has 1 rings (SSSR count). The summed E-state index contributed by atoms with van der Waals surface area (Å²) < 4.78 is 5.19. The van der Waals surface area contributed by atoms with Crippen LogP contribution in [0.15, 0.2) is 24.3 Å². The second-order valence-electron chi connectivity index (χ2n) is 8.81. The number of hydrogen-bond donors (Lipinski definition) is 3. The molecule has 10 nitrogen and oxygen atoms in total. The van der Waals surface area contributed by atoms with E-state index in [-0.39, 0.29) is 0 Å². The minimum Gasteiger partial charge on any atom is -0.444 e. The van der Waals surface area contributed by atoms with E-state index in [1.165, 1.54) is 0 Å². The van der Waals surface area contributed by atoms with E-state index in [4.69, 9.17) is 16.9 Å². The van der Waals surface area contributed by atoms with Gasteiger partial charge >= 0.3 is 6.09 Å². The number of carbonyl (C=O) groups excluding carboxylic acids is 4. The van der Waals surface area contributed by atoms with Crippen molar-refractivity contribution >= 4 is 23.8 Å². The predicted molar refractivity (Wildman–Crippen MR) is 129 cm³/mol. The number of nitrogens with zero attached hydrogens (tertiary/aromatic N) is 2. The predicted octanol–water partition coefficient (Wildman–Crippen LogP) is 1.75. The highest BCUT2D eigenvalue weighted by Gasteiger charge is 2.36. The number of unbranched alkanes of at least 4 members (excludes halogenated alkanes) is 1. The average molecular weight is 484 g/mol. The van der Waals surface area contributed by atoms with Gasteiger partial charge in [0.05, 0.1) is 12.5 Å². The first-order valence-electron chi connectivity index (χ1n) is 11.2. The highest BCUT2D eigenvalue weighted by Crippen LogP contribution is 2.23. The van der Waals surface area contributed by atoms with Crippen molar-refractivity contribution in [2.75, 3.05) is 13.1 Å². The summed E-state index contributed by atoms with van der Waals surface area (Å²) in [6.45, 7) is 6.74. The maximum Gasteiger partial charge on any atom is 0.408 e. The number of ether oxygens (including phenoxy) is 1. The molecule has 0 aliphatic heterocycles. The van der Waals surface area contributed by atoms with Crippen molar-refractivity contribution in [1.29, 1.82) is 5.26 Å². The van der Waals surface area contributed by atoms with Crippen molar-refractivity contribution in [3.05, 3.63) is 35.4 Å².